The zero-order valence-electron chi connectivity index (χ0n) is 14.1. The van der Waals surface area contributed by atoms with Crippen molar-refractivity contribution in [3.8, 4) is 0 Å². The highest BCUT2D eigenvalue weighted by Gasteiger charge is 2.19. The molecular weight excluding hydrogens is 258 g/mol. The first-order valence-corrected chi connectivity index (χ1v) is 8.08. The molecule has 0 saturated carbocycles. The summed E-state index contributed by atoms with van der Waals surface area (Å²) in [5, 5.41) is 3.58. The van der Waals surface area contributed by atoms with Gasteiger partial charge in [0, 0.05) is 6.54 Å². The van der Waals surface area contributed by atoms with Gasteiger partial charge in [-0.05, 0) is 36.4 Å². The number of aryl methyl sites for hydroxylation is 1. The predicted octanol–water partition coefficient (Wildman–Crippen LogP) is 4.22. The summed E-state index contributed by atoms with van der Waals surface area (Å²) in [5.41, 5.74) is 2.70. The highest BCUT2D eigenvalue weighted by Crippen LogP contribution is 2.24. The molecule has 0 saturated heterocycles. The number of para-hydroxylation sites is 2. The molecule has 0 aliphatic heterocycles. The number of rotatable bonds is 6. The van der Waals surface area contributed by atoms with Crippen molar-refractivity contribution in [1.82, 2.24) is 14.9 Å². The highest BCUT2D eigenvalue weighted by molar-refractivity contribution is 5.75. The van der Waals surface area contributed by atoms with E-state index in [-0.39, 0.29) is 0 Å². The molecule has 116 valence electrons. The van der Waals surface area contributed by atoms with Crippen LogP contribution in [0.25, 0.3) is 11.0 Å². The van der Waals surface area contributed by atoms with Crippen LogP contribution in [0.4, 0.5) is 0 Å². The summed E-state index contributed by atoms with van der Waals surface area (Å²) in [6.45, 7) is 14.3. The summed E-state index contributed by atoms with van der Waals surface area (Å²) in [4.78, 5) is 4.79. The summed E-state index contributed by atoms with van der Waals surface area (Å²) >= 11 is 0. The fraction of sp³-hybridized carbons (Fsp3) is 0.611. The lowest BCUT2D eigenvalue weighted by Gasteiger charge is -2.27. The molecule has 1 heterocycles. The molecule has 3 nitrogen and oxygen atoms in total. The van der Waals surface area contributed by atoms with Crippen LogP contribution in [0.2, 0.25) is 0 Å². The van der Waals surface area contributed by atoms with Crippen LogP contribution in [0, 0.1) is 11.3 Å². The van der Waals surface area contributed by atoms with Crippen molar-refractivity contribution in [2.24, 2.45) is 11.3 Å². The zero-order valence-corrected chi connectivity index (χ0v) is 14.1. The summed E-state index contributed by atoms with van der Waals surface area (Å²) < 4.78 is 2.35. The predicted molar refractivity (Wildman–Crippen MR) is 90.3 cm³/mol. The monoisotopic (exact) mass is 287 g/mol. The van der Waals surface area contributed by atoms with Crippen molar-refractivity contribution in [3.05, 3.63) is 30.1 Å². The summed E-state index contributed by atoms with van der Waals surface area (Å²) in [6, 6.07) is 8.42. The Balaban J connectivity index is 2.09. The normalized spacial score (nSPS) is 13.8. The Hall–Kier alpha value is -1.35. The Morgan fingerprint density at radius 1 is 1.24 bits per heavy atom. The van der Waals surface area contributed by atoms with Crippen LogP contribution in [0.3, 0.4) is 0 Å². The number of nitrogens with zero attached hydrogens (tertiary/aromatic N) is 2. The van der Waals surface area contributed by atoms with Crippen molar-refractivity contribution in [2.45, 2.75) is 54.1 Å². The lowest BCUT2D eigenvalue weighted by atomic mass is 9.82. The SMILES string of the molecule is CCCn1c(CNCC(C)C(C)(C)C)nc2ccccc21. The molecule has 2 aromatic rings. The molecule has 1 aromatic carbocycles. The largest absolute Gasteiger partial charge is 0.327 e. The van der Waals surface area contributed by atoms with E-state index in [1.807, 2.05) is 0 Å². The van der Waals surface area contributed by atoms with Crippen molar-refractivity contribution < 1.29 is 0 Å². The molecule has 1 N–H and O–H groups in total. The quantitative estimate of drug-likeness (QED) is 0.862. The number of benzene rings is 1. The topological polar surface area (TPSA) is 29.9 Å². The summed E-state index contributed by atoms with van der Waals surface area (Å²) in [5.74, 6) is 1.79. The van der Waals surface area contributed by atoms with Gasteiger partial charge in [0.2, 0.25) is 0 Å². The fourth-order valence-corrected chi connectivity index (χ4v) is 2.44. The average Bonchev–Trinajstić information content (AvgIpc) is 2.76. The Morgan fingerprint density at radius 2 is 1.95 bits per heavy atom. The van der Waals surface area contributed by atoms with Gasteiger partial charge in [0.25, 0.3) is 0 Å². The third-order valence-electron chi connectivity index (χ3n) is 4.39. The second kappa shape index (κ2) is 6.61. The third-order valence-corrected chi connectivity index (χ3v) is 4.39. The molecule has 0 aliphatic carbocycles. The number of hydrogen-bond acceptors (Lipinski definition) is 2. The lowest BCUT2D eigenvalue weighted by molar-refractivity contribution is 0.252. The molecule has 0 amide bonds. The van der Waals surface area contributed by atoms with E-state index < -0.39 is 0 Å². The van der Waals surface area contributed by atoms with E-state index in [0.717, 1.165) is 37.4 Å². The summed E-state index contributed by atoms with van der Waals surface area (Å²) in [6.07, 6.45) is 1.13. The van der Waals surface area contributed by atoms with E-state index in [9.17, 15) is 0 Å². The molecule has 0 bridgehead atoms. The zero-order chi connectivity index (χ0) is 15.5. The van der Waals surface area contributed by atoms with Gasteiger partial charge in [0.15, 0.2) is 0 Å². The number of hydrogen-bond donors (Lipinski definition) is 1. The molecule has 1 aromatic heterocycles. The molecule has 0 radical (unpaired) electrons. The number of imidazole rings is 1. The maximum Gasteiger partial charge on any atom is 0.123 e. The van der Waals surface area contributed by atoms with Gasteiger partial charge in [-0.25, -0.2) is 4.98 Å². The maximum absolute atomic E-state index is 4.79. The Morgan fingerprint density at radius 3 is 2.62 bits per heavy atom. The first-order chi connectivity index (χ1) is 9.93. The fourth-order valence-electron chi connectivity index (χ4n) is 2.44. The van der Waals surface area contributed by atoms with Crippen LogP contribution in [0.1, 0.15) is 46.9 Å². The van der Waals surface area contributed by atoms with Gasteiger partial charge in [-0.15, -0.1) is 0 Å². The van der Waals surface area contributed by atoms with E-state index in [4.69, 9.17) is 4.98 Å². The Bertz CT molecular complexity index is 578. The minimum absolute atomic E-state index is 0.344. The molecule has 3 heteroatoms. The van der Waals surface area contributed by atoms with E-state index in [1.54, 1.807) is 0 Å². The van der Waals surface area contributed by atoms with E-state index in [2.05, 4.69) is 68.8 Å². The van der Waals surface area contributed by atoms with Crippen LogP contribution < -0.4 is 5.32 Å². The minimum Gasteiger partial charge on any atom is -0.327 e. The van der Waals surface area contributed by atoms with Crippen LogP contribution >= 0.6 is 0 Å². The molecule has 1 atom stereocenters. The van der Waals surface area contributed by atoms with Gasteiger partial charge >= 0.3 is 0 Å². The van der Waals surface area contributed by atoms with Gasteiger partial charge in [-0.2, -0.15) is 0 Å². The lowest BCUT2D eigenvalue weighted by Crippen LogP contribution is -2.30. The first-order valence-electron chi connectivity index (χ1n) is 8.08. The van der Waals surface area contributed by atoms with E-state index in [1.165, 1.54) is 5.52 Å². The molecular formula is C18H29N3. The van der Waals surface area contributed by atoms with Crippen LogP contribution in [-0.2, 0) is 13.1 Å². The van der Waals surface area contributed by atoms with Crippen molar-refractivity contribution in [2.75, 3.05) is 6.54 Å². The standard InChI is InChI=1S/C18H29N3/c1-6-11-21-16-10-8-7-9-15(16)20-17(21)13-19-12-14(2)18(3,4)5/h7-10,14,19H,6,11-13H2,1-5H3. The first kappa shape index (κ1) is 16.0. The molecule has 0 fully saturated rings. The second-order valence-corrected chi connectivity index (χ2v) is 7.07. The van der Waals surface area contributed by atoms with Gasteiger partial charge < -0.3 is 9.88 Å². The molecule has 0 spiro atoms. The average molecular weight is 287 g/mol. The minimum atomic E-state index is 0.344. The maximum atomic E-state index is 4.79. The van der Waals surface area contributed by atoms with Crippen LogP contribution in [0.15, 0.2) is 24.3 Å². The number of aromatic nitrogens is 2. The van der Waals surface area contributed by atoms with E-state index in [0.29, 0.717) is 11.3 Å². The van der Waals surface area contributed by atoms with E-state index >= 15 is 0 Å². The Kier molecular flexibility index (Phi) is 5.04. The highest BCUT2D eigenvalue weighted by atomic mass is 15.1. The van der Waals surface area contributed by atoms with Crippen molar-refractivity contribution in [1.29, 1.82) is 0 Å². The third kappa shape index (κ3) is 3.85. The van der Waals surface area contributed by atoms with Crippen molar-refractivity contribution in [3.63, 3.8) is 0 Å². The number of nitrogens with one attached hydrogen (secondary N) is 1. The molecule has 0 aliphatic rings. The van der Waals surface area contributed by atoms with Gasteiger partial charge in [-0.1, -0.05) is 46.8 Å². The number of fused-ring (bicyclic) bond motifs is 1. The van der Waals surface area contributed by atoms with Crippen molar-refractivity contribution >= 4 is 11.0 Å². The summed E-state index contributed by atoms with van der Waals surface area (Å²) in [7, 11) is 0. The van der Waals surface area contributed by atoms with Gasteiger partial charge in [0.05, 0.1) is 17.6 Å². The van der Waals surface area contributed by atoms with Crippen LogP contribution in [0.5, 0.6) is 0 Å². The van der Waals surface area contributed by atoms with Gasteiger partial charge in [-0.3, -0.25) is 0 Å². The van der Waals surface area contributed by atoms with Crippen LogP contribution in [-0.4, -0.2) is 16.1 Å². The molecule has 21 heavy (non-hydrogen) atoms. The molecule has 1 unspecified atom stereocenters. The second-order valence-electron chi connectivity index (χ2n) is 7.07. The molecule has 2 rings (SSSR count). The Labute approximate surface area is 128 Å². The smallest absolute Gasteiger partial charge is 0.123 e. The van der Waals surface area contributed by atoms with Gasteiger partial charge in [0.1, 0.15) is 5.82 Å².